The molecule has 6 heteroatoms. The summed E-state index contributed by atoms with van der Waals surface area (Å²) in [5.41, 5.74) is 2.15. The average molecular weight is 412 g/mol. The van der Waals surface area contributed by atoms with Crippen LogP contribution >= 0.6 is 0 Å². The van der Waals surface area contributed by atoms with Crippen LogP contribution in [0.25, 0.3) is 0 Å². The monoisotopic (exact) mass is 411 g/mol. The molecule has 2 atom stereocenters. The molecule has 2 aromatic rings. The summed E-state index contributed by atoms with van der Waals surface area (Å²) in [6.45, 7) is 3.96. The smallest absolute Gasteiger partial charge is 0.253 e. The molecule has 0 radical (unpaired) electrons. The number of likely N-dealkylation sites (N-methyl/N-ethyl adjacent to an activating group) is 1. The first-order valence-corrected chi connectivity index (χ1v) is 10.4. The highest BCUT2D eigenvalue weighted by Crippen LogP contribution is 2.32. The van der Waals surface area contributed by atoms with Gasteiger partial charge in [0.15, 0.2) is 0 Å². The van der Waals surface area contributed by atoms with Crippen LogP contribution in [0, 0.1) is 18.7 Å². The lowest BCUT2D eigenvalue weighted by Crippen LogP contribution is -2.48. The van der Waals surface area contributed by atoms with Crippen LogP contribution in [0.2, 0.25) is 0 Å². The number of halogens is 1. The number of hydrogen-bond acceptors (Lipinski definition) is 3. The summed E-state index contributed by atoms with van der Waals surface area (Å²) in [6.07, 6.45) is 0.636. The van der Waals surface area contributed by atoms with Crippen LogP contribution in [0.3, 0.4) is 0 Å². The van der Waals surface area contributed by atoms with Crippen LogP contribution in [0.5, 0.6) is 0 Å². The number of nitrogens with one attached hydrogen (secondary N) is 1. The zero-order valence-electron chi connectivity index (χ0n) is 17.9. The second kappa shape index (κ2) is 9.85. The fraction of sp³-hybridized carbons (Fsp3) is 0.417. The Balaban J connectivity index is 1.81. The highest BCUT2D eigenvalue weighted by atomic mass is 19.1. The van der Waals surface area contributed by atoms with Gasteiger partial charge in [0.2, 0.25) is 5.91 Å². The van der Waals surface area contributed by atoms with Crippen molar-refractivity contribution in [1.29, 1.82) is 0 Å². The third-order valence-electron chi connectivity index (χ3n) is 5.64. The number of carbonyl (C=O) groups excluding carboxylic acids is 2. The van der Waals surface area contributed by atoms with Gasteiger partial charge in [0, 0.05) is 37.7 Å². The van der Waals surface area contributed by atoms with Crippen molar-refractivity contribution in [2.45, 2.75) is 19.3 Å². The third kappa shape index (κ3) is 5.45. The summed E-state index contributed by atoms with van der Waals surface area (Å²) < 4.78 is 13.8. The van der Waals surface area contributed by atoms with Gasteiger partial charge in [-0.25, -0.2) is 4.39 Å². The van der Waals surface area contributed by atoms with Crippen LogP contribution in [0.4, 0.5) is 4.39 Å². The van der Waals surface area contributed by atoms with Gasteiger partial charge >= 0.3 is 0 Å². The number of likely N-dealkylation sites (tertiary alicyclic amines) is 1. The van der Waals surface area contributed by atoms with Crippen molar-refractivity contribution in [2.24, 2.45) is 5.92 Å². The van der Waals surface area contributed by atoms with E-state index in [4.69, 9.17) is 0 Å². The molecule has 1 fully saturated rings. The maximum atomic E-state index is 13.8. The largest absolute Gasteiger partial charge is 0.355 e. The Morgan fingerprint density at radius 2 is 1.87 bits per heavy atom. The average Bonchev–Trinajstić information content (AvgIpc) is 2.75. The molecule has 3 rings (SSSR count). The van der Waals surface area contributed by atoms with Crippen LogP contribution in [-0.4, -0.2) is 61.9 Å². The minimum absolute atomic E-state index is 0.0182. The fourth-order valence-corrected chi connectivity index (χ4v) is 3.93. The molecule has 1 heterocycles. The zero-order chi connectivity index (χ0) is 21.7. The summed E-state index contributed by atoms with van der Waals surface area (Å²) in [7, 11) is 3.92. The molecule has 30 heavy (non-hydrogen) atoms. The van der Waals surface area contributed by atoms with Gasteiger partial charge in [0.25, 0.3) is 5.91 Å². The van der Waals surface area contributed by atoms with Crippen molar-refractivity contribution in [3.05, 3.63) is 71.0 Å². The summed E-state index contributed by atoms with van der Waals surface area (Å²) in [5.74, 6) is -0.680. The molecule has 2 amide bonds. The number of benzene rings is 2. The first kappa shape index (κ1) is 22.0. The number of nitrogens with zero attached hydrogens (tertiary/aromatic N) is 2. The maximum Gasteiger partial charge on any atom is 0.253 e. The molecule has 160 valence electrons. The Morgan fingerprint density at radius 1 is 1.13 bits per heavy atom. The summed E-state index contributed by atoms with van der Waals surface area (Å²) in [6, 6.07) is 14.2. The Kier molecular flexibility index (Phi) is 7.21. The van der Waals surface area contributed by atoms with Gasteiger partial charge in [-0.3, -0.25) is 9.59 Å². The van der Waals surface area contributed by atoms with Gasteiger partial charge in [0.1, 0.15) is 5.82 Å². The van der Waals surface area contributed by atoms with Gasteiger partial charge in [-0.2, -0.15) is 0 Å². The van der Waals surface area contributed by atoms with Gasteiger partial charge in [-0.1, -0.05) is 30.3 Å². The highest BCUT2D eigenvalue weighted by molar-refractivity contribution is 5.94. The van der Waals surface area contributed by atoms with Gasteiger partial charge in [0.05, 0.1) is 5.92 Å². The Bertz CT molecular complexity index is 885. The second-order valence-corrected chi connectivity index (χ2v) is 8.31. The van der Waals surface area contributed by atoms with Crippen LogP contribution in [0.15, 0.2) is 48.5 Å². The van der Waals surface area contributed by atoms with Gasteiger partial charge < -0.3 is 15.1 Å². The van der Waals surface area contributed by atoms with E-state index in [0.29, 0.717) is 37.2 Å². The first-order chi connectivity index (χ1) is 14.3. The molecule has 0 aromatic heterocycles. The molecule has 2 unspecified atom stereocenters. The predicted molar refractivity (Wildman–Crippen MR) is 116 cm³/mol. The lowest BCUT2D eigenvalue weighted by Gasteiger charge is -2.37. The maximum absolute atomic E-state index is 13.8. The minimum Gasteiger partial charge on any atom is -0.355 e. The standard InChI is InChI=1S/C24H30FN3O2/c1-17-13-19(9-10-22(17)25)20-14-21(23(29)26-11-12-27(2)3)16-28(15-20)24(30)18-7-5-4-6-8-18/h4-10,13,20-21H,11-12,14-16H2,1-3H3,(H,26,29). The fourth-order valence-electron chi connectivity index (χ4n) is 3.93. The Hall–Kier alpha value is -2.73. The second-order valence-electron chi connectivity index (χ2n) is 8.31. The lowest BCUT2D eigenvalue weighted by molar-refractivity contribution is -0.126. The van der Waals surface area contributed by atoms with Gasteiger partial charge in [-0.15, -0.1) is 0 Å². The first-order valence-electron chi connectivity index (χ1n) is 10.4. The van der Waals surface area contributed by atoms with Crippen molar-refractivity contribution >= 4 is 11.8 Å². The molecule has 2 aromatic carbocycles. The number of rotatable bonds is 6. The van der Waals surface area contributed by atoms with E-state index in [1.807, 2.05) is 43.3 Å². The Labute approximate surface area is 177 Å². The van der Waals surface area contributed by atoms with E-state index in [-0.39, 0.29) is 29.5 Å². The van der Waals surface area contributed by atoms with E-state index < -0.39 is 0 Å². The molecule has 0 aliphatic carbocycles. The van der Waals surface area contributed by atoms with Gasteiger partial charge in [-0.05, 0) is 56.8 Å². The van der Waals surface area contributed by atoms with Crippen molar-refractivity contribution in [2.75, 3.05) is 40.3 Å². The number of hydrogen-bond donors (Lipinski definition) is 1. The van der Waals surface area contributed by atoms with E-state index in [2.05, 4.69) is 5.32 Å². The SMILES string of the molecule is Cc1cc(C2CC(C(=O)NCCN(C)C)CN(C(=O)c3ccccc3)C2)ccc1F. The molecule has 1 saturated heterocycles. The summed E-state index contributed by atoms with van der Waals surface area (Å²) >= 11 is 0. The quantitative estimate of drug-likeness (QED) is 0.795. The molecule has 0 spiro atoms. The highest BCUT2D eigenvalue weighted by Gasteiger charge is 2.35. The van der Waals surface area contributed by atoms with Crippen molar-refractivity contribution in [1.82, 2.24) is 15.1 Å². The molecule has 1 aliphatic rings. The van der Waals surface area contributed by atoms with Crippen LogP contribution in [-0.2, 0) is 4.79 Å². The molecule has 5 nitrogen and oxygen atoms in total. The number of piperidine rings is 1. The van der Waals surface area contributed by atoms with Crippen LogP contribution < -0.4 is 5.32 Å². The van der Waals surface area contributed by atoms with E-state index in [9.17, 15) is 14.0 Å². The predicted octanol–water partition coefficient (Wildman–Crippen LogP) is 3.06. The van der Waals surface area contributed by atoms with E-state index in [1.54, 1.807) is 30.0 Å². The van der Waals surface area contributed by atoms with E-state index >= 15 is 0 Å². The molecular formula is C24H30FN3O2. The normalized spacial score (nSPS) is 19.0. The summed E-state index contributed by atoms with van der Waals surface area (Å²) in [4.78, 5) is 29.7. The van der Waals surface area contributed by atoms with E-state index in [0.717, 1.165) is 12.1 Å². The topological polar surface area (TPSA) is 52.7 Å². The van der Waals surface area contributed by atoms with E-state index in [1.165, 1.54) is 6.07 Å². The Morgan fingerprint density at radius 3 is 2.53 bits per heavy atom. The number of amides is 2. The molecule has 0 bridgehead atoms. The number of carbonyl (C=O) groups is 2. The lowest BCUT2D eigenvalue weighted by atomic mass is 9.83. The molecule has 1 N–H and O–H groups in total. The van der Waals surface area contributed by atoms with Crippen molar-refractivity contribution in [3.63, 3.8) is 0 Å². The summed E-state index contributed by atoms with van der Waals surface area (Å²) in [5, 5.41) is 3.00. The zero-order valence-corrected chi connectivity index (χ0v) is 17.9. The minimum atomic E-state index is -0.302. The number of aryl methyl sites for hydroxylation is 1. The van der Waals surface area contributed by atoms with Crippen molar-refractivity contribution < 1.29 is 14.0 Å². The molecule has 1 aliphatic heterocycles. The third-order valence-corrected chi connectivity index (χ3v) is 5.64. The molecular weight excluding hydrogens is 381 g/mol. The van der Waals surface area contributed by atoms with Crippen molar-refractivity contribution in [3.8, 4) is 0 Å². The molecule has 0 saturated carbocycles. The van der Waals surface area contributed by atoms with Crippen LogP contribution in [0.1, 0.15) is 33.8 Å².